The van der Waals surface area contributed by atoms with Gasteiger partial charge in [-0.05, 0) is 18.1 Å². The van der Waals surface area contributed by atoms with Crippen LogP contribution in [0, 0.1) is 5.41 Å². The van der Waals surface area contributed by atoms with Crippen LogP contribution in [0.4, 0.5) is 5.95 Å². The maximum atomic E-state index is 4.37. The molecule has 4 heteroatoms. The van der Waals surface area contributed by atoms with Gasteiger partial charge in [0.1, 0.15) is 0 Å². The summed E-state index contributed by atoms with van der Waals surface area (Å²) in [6, 6.07) is 12.6. The fraction of sp³-hybridized carbons (Fsp3) is 0.412. The van der Waals surface area contributed by atoms with E-state index in [9.17, 15) is 0 Å². The van der Waals surface area contributed by atoms with Gasteiger partial charge in [0.25, 0.3) is 0 Å². The monoisotopic (exact) mass is 280 g/mol. The van der Waals surface area contributed by atoms with Crippen LogP contribution < -0.4 is 4.90 Å². The second-order valence-corrected chi connectivity index (χ2v) is 6.35. The molecule has 1 aromatic carbocycles. The Hall–Kier alpha value is -1.94. The van der Waals surface area contributed by atoms with Crippen molar-refractivity contribution in [2.24, 2.45) is 5.41 Å². The summed E-state index contributed by atoms with van der Waals surface area (Å²) < 4.78 is 0. The molecule has 2 fully saturated rings. The van der Waals surface area contributed by atoms with Crippen molar-refractivity contribution in [3.63, 3.8) is 0 Å². The maximum absolute atomic E-state index is 4.37. The van der Waals surface area contributed by atoms with Crippen molar-refractivity contribution in [2.75, 3.05) is 31.1 Å². The normalized spacial score (nSPS) is 20.7. The molecule has 21 heavy (non-hydrogen) atoms. The third kappa shape index (κ3) is 2.51. The minimum atomic E-state index is 0.466. The van der Waals surface area contributed by atoms with E-state index < -0.39 is 0 Å². The summed E-state index contributed by atoms with van der Waals surface area (Å²) in [4.78, 5) is 13.6. The zero-order valence-electron chi connectivity index (χ0n) is 12.2. The molecule has 2 aliphatic heterocycles. The minimum Gasteiger partial charge on any atom is -0.340 e. The first-order valence-corrected chi connectivity index (χ1v) is 7.61. The summed E-state index contributed by atoms with van der Waals surface area (Å²) in [5.41, 5.74) is 1.88. The number of hydrogen-bond acceptors (Lipinski definition) is 4. The van der Waals surface area contributed by atoms with Crippen LogP contribution in [-0.4, -0.2) is 41.0 Å². The zero-order chi connectivity index (χ0) is 14.1. The van der Waals surface area contributed by atoms with E-state index in [4.69, 9.17) is 0 Å². The average Bonchev–Trinajstić information content (AvgIpc) is 2.94. The van der Waals surface area contributed by atoms with Crippen molar-refractivity contribution in [3.05, 3.63) is 54.4 Å². The number of benzene rings is 1. The second kappa shape index (κ2) is 5.11. The molecular formula is C17H20N4. The van der Waals surface area contributed by atoms with Crippen LogP contribution in [0.1, 0.15) is 12.0 Å². The fourth-order valence-electron chi connectivity index (χ4n) is 3.67. The molecule has 3 heterocycles. The Morgan fingerprint density at radius 1 is 0.952 bits per heavy atom. The quantitative estimate of drug-likeness (QED) is 0.862. The third-order valence-electron chi connectivity index (χ3n) is 4.64. The van der Waals surface area contributed by atoms with Crippen LogP contribution in [0.3, 0.4) is 0 Å². The van der Waals surface area contributed by atoms with E-state index in [1.165, 1.54) is 25.1 Å². The van der Waals surface area contributed by atoms with Gasteiger partial charge in [0, 0.05) is 50.5 Å². The summed E-state index contributed by atoms with van der Waals surface area (Å²) >= 11 is 0. The van der Waals surface area contributed by atoms with Crippen molar-refractivity contribution in [3.8, 4) is 0 Å². The Morgan fingerprint density at radius 2 is 1.71 bits per heavy atom. The van der Waals surface area contributed by atoms with Gasteiger partial charge in [-0.25, -0.2) is 9.97 Å². The third-order valence-corrected chi connectivity index (χ3v) is 4.64. The van der Waals surface area contributed by atoms with Gasteiger partial charge in [0.2, 0.25) is 5.95 Å². The highest BCUT2D eigenvalue weighted by Crippen LogP contribution is 2.40. The molecule has 0 unspecified atom stereocenters. The summed E-state index contributed by atoms with van der Waals surface area (Å²) in [7, 11) is 0. The molecule has 0 N–H and O–H groups in total. The molecule has 0 saturated carbocycles. The molecule has 0 amide bonds. The molecule has 0 atom stereocenters. The predicted molar refractivity (Wildman–Crippen MR) is 83.0 cm³/mol. The Labute approximate surface area is 125 Å². The summed E-state index contributed by atoms with van der Waals surface area (Å²) in [6.07, 6.45) is 4.92. The molecule has 0 aliphatic carbocycles. The largest absolute Gasteiger partial charge is 0.340 e. The maximum Gasteiger partial charge on any atom is 0.225 e. The number of hydrogen-bond donors (Lipinski definition) is 0. The van der Waals surface area contributed by atoms with E-state index in [2.05, 4.69) is 50.1 Å². The van der Waals surface area contributed by atoms with Gasteiger partial charge < -0.3 is 4.90 Å². The molecule has 2 aromatic rings. The van der Waals surface area contributed by atoms with Crippen molar-refractivity contribution in [2.45, 2.75) is 13.0 Å². The van der Waals surface area contributed by atoms with E-state index in [1.54, 1.807) is 0 Å². The molecule has 0 bridgehead atoms. The van der Waals surface area contributed by atoms with Gasteiger partial charge in [-0.1, -0.05) is 30.3 Å². The molecule has 108 valence electrons. The Kier molecular flexibility index (Phi) is 3.11. The van der Waals surface area contributed by atoms with Gasteiger partial charge in [0.05, 0.1) is 0 Å². The Morgan fingerprint density at radius 3 is 2.48 bits per heavy atom. The second-order valence-electron chi connectivity index (χ2n) is 6.35. The van der Waals surface area contributed by atoms with Crippen LogP contribution >= 0.6 is 0 Å². The number of nitrogens with zero attached hydrogens (tertiary/aromatic N) is 4. The first-order chi connectivity index (χ1) is 10.3. The zero-order valence-corrected chi connectivity index (χ0v) is 12.2. The van der Waals surface area contributed by atoms with E-state index in [0.717, 1.165) is 25.6 Å². The van der Waals surface area contributed by atoms with Crippen LogP contribution in [0.5, 0.6) is 0 Å². The van der Waals surface area contributed by atoms with Crippen LogP contribution in [0.2, 0.25) is 0 Å². The highest BCUT2D eigenvalue weighted by molar-refractivity contribution is 5.33. The van der Waals surface area contributed by atoms with E-state index >= 15 is 0 Å². The number of rotatable bonds is 3. The van der Waals surface area contributed by atoms with Crippen molar-refractivity contribution < 1.29 is 0 Å². The molecular weight excluding hydrogens is 260 g/mol. The minimum absolute atomic E-state index is 0.466. The number of anilines is 1. The van der Waals surface area contributed by atoms with E-state index in [1.807, 2.05) is 18.5 Å². The summed E-state index contributed by atoms with van der Waals surface area (Å²) in [5, 5.41) is 0. The van der Waals surface area contributed by atoms with Gasteiger partial charge >= 0.3 is 0 Å². The molecule has 2 saturated heterocycles. The van der Waals surface area contributed by atoms with E-state index in [0.29, 0.717) is 5.41 Å². The number of aromatic nitrogens is 2. The topological polar surface area (TPSA) is 32.3 Å². The summed E-state index contributed by atoms with van der Waals surface area (Å²) in [6.45, 7) is 5.66. The molecule has 4 rings (SSSR count). The van der Waals surface area contributed by atoms with Gasteiger partial charge in [-0.3, -0.25) is 4.90 Å². The smallest absolute Gasteiger partial charge is 0.225 e. The SMILES string of the molecule is c1ccc(CN2CC3(CCN(c4ncccn4)C3)C2)cc1. The molecule has 4 nitrogen and oxygen atoms in total. The van der Waals surface area contributed by atoms with Crippen LogP contribution in [0.15, 0.2) is 48.8 Å². The Balaban J connectivity index is 1.35. The summed E-state index contributed by atoms with van der Waals surface area (Å²) in [5.74, 6) is 0.885. The van der Waals surface area contributed by atoms with Crippen LogP contribution in [-0.2, 0) is 6.54 Å². The molecule has 0 radical (unpaired) electrons. The average molecular weight is 280 g/mol. The lowest BCUT2D eigenvalue weighted by atomic mass is 9.79. The van der Waals surface area contributed by atoms with Crippen molar-refractivity contribution >= 4 is 5.95 Å². The highest BCUT2D eigenvalue weighted by Gasteiger charge is 2.47. The van der Waals surface area contributed by atoms with Crippen LogP contribution in [0.25, 0.3) is 0 Å². The van der Waals surface area contributed by atoms with Gasteiger partial charge in [-0.15, -0.1) is 0 Å². The predicted octanol–water partition coefficient (Wildman–Crippen LogP) is 2.19. The molecule has 1 spiro atoms. The van der Waals surface area contributed by atoms with Gasteiger partial charge in [0.15, 0.2) is 0 Å². The Bertz CT molecular complexity index is 593. The highest BCUT2D eigenvalue weighted by atomic mass is 15.3. The first-order valence-electron chi connectivity index (χ1n) is 7.61. The lowest BCUT2D eigenvalue weighted by molar-refractivity contribution is 0.0116. The molecule has 2 aliphatic rings. The van der Waals surface area contributed by atoms with Crippen molar-refractivity contribution in [1.82, 2.24) is 14.9 Å². The standard InChI is InChI=1S/C17H20N4/c1-2-5-15(6-3-1)11-20-12-17(13-20)7-10-21(14-17)16-18-8-4-9-19-16/h1-6,8-9H,7,10-14H2. The number of likely N-dealkylation sites (tertiary alicyclic amines) is 1. The molecule has 1 aromatic heterocycles. The van der Waals surface area contributed by atoms with Crippen molar-refractivity contribution in [1.29, 1.82) is 0 Å². The first kappa shape index (κ1) is 12.8. The lowest BCUT2D eigenvalue weighted by Gasteiger charge is -2.48. The lowest BCUT2D eigenvalue weighted by Crippen LogP contribution is -2.56. The fourth-order valence-corrected chi connectivity index (χ4v) is 3.67. The van der Waals surface area contributed by atoms with Gasteiger partial charge in [-0.2, -0.15) is 0 Å². The van der Waals surface area contributed by atoms with E-state index in [-0.39, 0.29) is 0 Å².